The SMILES string of the molecule is C=C=CCO[C@@H]1C=CC(=O)C1. The number of hydrogen-bond donors (Lipinski definition) is 0. The van der Waals surface area contributed by atoms with Gasteiger partial charge >= 0.3 is 0 Å². The summed E-state index contributed by atoms with van der Waals surface area (Å²) < 4.78 is 5.25. The highest BCUT2D eigenvalue weighted by Gasteiger charge is 2.14. The van der Waals surface area contributed by atoms with Gasteiger partial charge in [-0.1, -0.05) is 12.7 Å². The van der Waals surface area contributed by atoms with Crippen LogP contribution in [0.1, 0.15) is 6.42 Å². The lowest BCUT2D eigenvalue weighted by molar-refractivity contribution is -0.115. The molecule has 0 unspecified atom stereocenters. The second-order valence-corrected chi connectivity index (χ2v) is 2.31. The molecule has 2 nitrogen and oxygen atoms in total. The molecular weight excluding hydrogens is 140 g/mol. The third-order valence-corrected chi connectivity index (χ3v) is 1.44. The monoisotopic (exact) mass is 150 g/mol. The molecule has 0 radical (unpaired) electrons. The van der Waals surface area contributed by atoms with Crippen molar-refractivity contribution in [2.75, 3.05) is 6.61 Å². The zero-order valence-electron chi connectivity index (χ0n) is 6.25. The van der Waals surface area contributed by atoms with Crippen LogP contribution < -0.4 is 0 Å². The molecule has 2 heteroatoms. The first-order chi connectivity index (χ1) is 5.33. The molecule has 0 bridgehead atoms. The van der Waals surface area contributed by atoms with E-state index in [9.17, 15) is 4.79 Å². The van der Waals surface area contributed by atoms with Gasteiger partial charge in [0, 0.05) is 6.42 Å². The summed E-state index contributed by atoms with van der Waals surface area (Å²) in [5.41, 5.74) is 2.59. The first-order valence-corrected chi connectivity index (χ1v) is 3.50. The van der Waals surface area contributed by atoms with Gasteiger partial charge in [0.15, 0.2) is 5.78 Å². The van der Waals surface area contributed by atoms with Crippen LogP contribution in [-0.4, -0.2) is 18.5 Å². The number of hydrogen-bond acceptors (Lipinski definition) is 2. The smallest absolute Gasteiger partial charge is 0.158 e. The van der Waals surface area contributed by atoms with Crippen molar-refractivity contribution < 1.29 is 9.53 Å². The van der Waals surface area contributed by atoms with Crippen LogP contribution in [-0.2, 0) is 9.53 Å². The summed E-state index contributed by atoms with van der Waals surface area (Å²) >= 11 is 0. The molecule has 58 valence electrons. The minimum absolute atomic E-state index is 0.0351. The maximum Gasteiger partial charge on any atom is 0.158 e. The molecule has 0 heterocycles. The maximum atomic E-state index is 10.7. The van der Waals surface area contributed by atoms with Gasteiger partial charge in [-0.05, 0) is 12.2 Å². The van der Waals surface area contributed by atoms with Gasteiger partial charge in [0.2, 0.25) is 0 Å². The molecule has 0 saturated heterocycles. The van der Waals surface area contributed by atoms with Crippen LogP contribution in [0.2, 0.25) is 0 Å². The van der Waals surface area contributed by atoms with Gasteiger partial charge in [0.05, 0.1) is 12.7 Å². The van der Waals surface area contributed by atoms with Crippen LogP contribution >= 0.6 is 0 Å². The van der Waals surface area contributed by atoms with Gasteiger partial charge in [0.25, 0.3) is 0 Å². The van der Waals surface area contributed by atoms with Crippen molar-refractivity contribution in [2.45, 2.75) is 12.5 Å². The van der Waals surface area contributed by atoms with Gasteiger partial charge in [-0.3, -0.25) is 4.79 Å². The molecule has 0 N–H and O–H groups in total. The van der Waals surface area contributed by atoms with Crippen molar-refractivity contribution in [3.63, 3.8) is 0 Å². The number of rotatable bonds is 3. The highest BCUT2D eigenvalue weighted by atomic mass is 16.5. The van der Waals surface area contributed by atoms with E-state index >= 15 is 0 Å². The Labute approximate surface area is 65.9 Å². The summed E-state index contributed by atoms with van der Waals surface area (Å²) in [6.07, 6.45) is 5.47. The molecule has 1 atom stereocenters. The molecule has 11 heavy (non-hydrogen) atoms. The van der Waals surface area contributed by atoms with Gasteiger partial charge in [0.1, 0.15) is 0 Å². The zero-order chi connectivity index (χ0) is 8.10. The predicted octanol–water partition coefficient (Wildman–Crippen LogP) is 1.24. The highest BCUT2D eigenvalue weighted by Crippen LogP contribution is 2.09. The van der Waals surface area contributed by atoms with Crippen molar-refractivity contribution in [1.29, 1.82) is 0 Å². The number of allylic oxidation sites excluding steroid dienone is 1. The zero-order valence-corrected chi connectivity index (χ0v) is 6.25. The Kier molecular flexibility index (Phi) is 2.84. The fourth-order valence-electron chi connectivity index (χ4n) is 0.894. The molecule has 1 aliphatic rings. The molecule has 1 aliphatic carbocycles. The average molecular weight is 150 g/mol. The van der Waals surface area contributed by atoms with E-state index in [4.69, 9.17) is 4.74 Å². The van der Waals surface area contributed by atoms with Crippen molar-refractivity contribution in [2.24, 2.45) is 0 Å². The van der Waals surface area contributed by atoms with Crippen LogP contribution in [0.4, 0.5) is 0 Å². The van der Waals surface area contributed by atoms with Crippen molar-refractivity contribution in [1.82, 2.24) is 0 Å². The summed E-state index contributed by atoms with van der Waals surface area (Å²) in [5, 5.41) is 0. The van der Waals surface area contributed by atoms with Crippen molar-refractivity contribution in [3.05, 3.63) is 30.5 Å². The summed E-state index contributed by atoms with van der Waals surface area (Å²) in [7, 11) is 0. The van der Waals surface area contributed by atoms with Crippen molar-refractivity contribution >= 4 is 5.78 Å². The minimum Gasteiger partial charge on any atom is -0.369 e. The van der Waals surface area contributed by atoms with E-state index < -0.39 is 0 Å². The Hall–Kier alpha value is -1.11. The van der Waals surface area contributed by atoms with E-state index in [0.717, 1.165) is 0 Å². The molecule has 0 aromatic rings. The summed E-state index contributed by atoms with van der Waals surface area (Å²) in [6, 6.07) is 0. The number of ether oxygens (including phenoxy) is 1. The van der Waals surface area contributed by atoms with E-state index in [1.54, 1.807) is 18.2 Å². The number of carbonyl (C=O) groups is 1. The quantitative estimate of drug-likeness (QED) is 0.566. The number of ketones is 1. The summed E-state index contributed by atoms with van der Waals surface area (Å²) in [4.78, 5) is 10.7. The largest absolute Gasteiger partial charge is 0.369 e. The molecular formula is C9H10O2. The first-order valence-electron chi connectivity index (χ1n) is 3.50. The Morgan fingerprint density at radius 2 is 2.73 bits per heavy atom. The van der Waals surface area contributed by atoms with Crippen LogP contribution in [0.3, 0.4) is 0 Å². The minimum atomic E-state index is -0.0351. The Morgan fingerprint density at radius 3 is 3.27 bits per heavy atom. The van der Waals surface area contributed by atoms with Crippen LogP contribution in [0, 0.1) is 0 Å². The van der Waals surface area contributed by atoms with E-state index in [-0.39, 0.29) is 11.9 Å². The second kappa shape index (κ2) is 3.91. The second-order valence-electron chi connectivity index (χ2n) is 2.31. The molecule has 0 aliphatic heterocycles. The lowest BCUT2D eigenvalue weighted by Gasteiger charge is -2.04. The highest BCUT2D eigenvalue weighted by molar-refractivity contribution is 5.92. The Balaban J connectivity index is 2.24. The van der Waals surface area contributed by atoms with E-state index in [1.807, 2.05) is 0 Å². The normalized spacial score (nSPS) is 21.8. The fourth-order valence-corrected chi connectivity index (χ4v) is 0.894. The van der Waals surface area contributed by atoms with Crippen LogP contribution in [0.15, 0.2) is 30.5 Å². The van der Waals surface area contributed by atoms with Gasteiger partial charge in [-0.15, -0.1) is 5.73 Å². The topological polar surface area (TPSA) is 26.3 Å². The molecule has 0 saturated carbocycles. The van der Waals surface area contributed by atoms with E-state index in [0.29, 0.717) is 13.0 Å². The third kappa shape index (κ3) is 2.54. The lowest BCUT2D eigenvalue weighted by atomic mass is 10.3. The molecule has 0 aromatic heterocycles. The Morgan fingerprint density at radius 1 is 1.91 bits per heavy atom. The molecule has 0 spiro atoms. The number of carbonyl (C=O) groups excluding carboxylic acids is 1. The van der Waals surface area contributed by atoms with Crippen molar-refractivity contribution in [3.8, 4) is 0 Å². The average Bonchev–Trinajstić information content (AvgIpc) is 2.37. The van der Waals surface area contributed by atoms with Crippen LogP contribution in [0.5, 0.6) is 0 Å². The van der Waals surface area contributed by atoms with Crippen LogP contribution in [0.25, 0.3) is 0 Å². The molecule has 0 fully saturated rings. The van der Waals surface area contributed by atoms with E-state index in [1.165, 1.54) is 0 Å². The molecule has 0 amide bonds. The van der Waals surface area contributed by atoms with Gasteiger partial charge in [-0.25, -0.2) is 0 Å². The van der Waals surface area contributed by atoms with Gasteiger partial charge < -0.3 is 4.74 Å². The first kappa shape index (κ1) is 7.99. The summed E-state index contributed by atoms with van der Waals surface area (Å²) in [5.74, 6) is 0.137. The maximum absolute atomic E-state index is 10.7. The predicted molar refractivity (Wildman–Crippen MR) is 42.2 cm³/mol. The molecule has 0 aromatic carbocycles. The summed E-state index contributed by atoms with van der Waals surface area (Å²) in [6.45, 7) is 3.87. The fraction of sp³-hybridized carbons (Fsp3) is 0.333. The molecule has 1 rings (SSSR count). The third-order valence-electron chi connectivity index (χ3n) is 1.44. The lowest BCUT2D eigenvalue weighted by Crippen LogP contribution is -2.08. The Bertz CT molecular complexity index is 222. The van der Waals surface area contributed by atoms with Gasteiger partial charge in [-0.2, -0.15) is 0 Å². The van der Waals surface area contributed by atoms with E-state index in [2.05, 4.69) is 12.3 Å². The standard InChI is InChI=1S/C9H10O2/c1-2-3-6-11-9-5-4-8(10)7-9/h3-5,9H,1,6-7H2/t9-/m1/s1.